The Morgan fingerprint density at radius 1 is 1.17 bits per heavy atom. The molecule has 0 radical (unpaired) electrons. The summed E-state index contributed by atoms with van der Waals surface area (Å²) in [6.07, 6.45) is 5.10. The zero-order chi connectivity index (χ0) is 16.9. The molecule has 0 spiro atoms. The number of primary amides is 1. The standard InChI is InChI=1S/C18H25N3O3/c19-17(22)11-21(13-5-1-2-6-13)12-18(23)20-15-9-10-24-16-8-4-3-7-14(15)16/h3-4,7-8,13,15H,1-2,5-6,9-12H2,(H2,19,22)(H,20,23). The molecule has 0 bridgehead atoms. The van der Waals surface area contributed by atoms with Gasteiger partial charge in [0.25, 0.3) is 0 Å². The van der Waals surface area contributed by atoms with Crippen LogP contribution in [0.2, 0.25) is 0 Å². The average molecular weight is 331 g/mol. The number of benzene rings is 1. The van der Waals surface area contributed by atoms with Gasteiger partial charge < -0.3 is 15.8 Å². The van der Waals surface area contributed by atoms with E-state index < -0.39 is 0 Å². The quantitative estimate of drug-likeness (QED) is 0.824. The number of fused-ring (bicyclic) bond motifs is 1. The van der Waals surface area contributed by atoms with Crippen molar-refractivity contribution in [3.8, 4) is 5.75 Å². The molecule has 6 nitrogen and oxygen atoms in total. The summed E-state index contributed by atoms with van der Waals surface area (Å²) in [5.41, 5.74) is 6.37. The van der Waals surface area contributed by atoms with Gasteiger partial charge in [0.15, 0.2) is 0 Å². The van der Waals surface area contributed by atoms with E-state index >= 15 is 0 Å². The molecule has 130 valence electrons. The molecule has 3 rings (SSSR count). The predicted octanol–water partition coefficient (Wildman–Crippen LogP) is 1.36. The van der Waals surface area contributed by atoms with Crippen LogP contribution < -0.4 is 15.8 Å². The highest BCUT2D eigenvalue weighted by Crippen LogP contribution is 2.31. The van der Waals surface area contributed by atoms with E-state index in [1.165, 1.54) is 0 Å². The van der Waals surface area contributed by atoms with Gasteiger partial charge in [0, 0.05) is 18.0 Å². The number of ether oxygens (including phenoxy) is 1. The Morgan fingerprint density at radius 3 is 2.67 bits per heavy atom. The van der Waals surface area contributed by atoms with Gasteiger partial charge in [-0.05, 0) is 18.9 Å². The van der Waals surface area contributed by atoms with Gasteiger partial charge in [-0.2, -0.15) is 0 Å². The lowest BCUT2D eigenvalue weighted by Crippen LogP contribution is -2.46. The Balaban J connectivity index is 1.62. The number of nitrogens with two attached hydrogens (primary N) is 1. The van der Waals surface area contributed by atoms with Crippen molar-refractivity contribution in [1.29, 1.82) is 0 Å². The highest BCUT2D eigenvalue weighted by atomic mass is 16.5. The summed E-state index contributed by atoms with van der Waals surface area (Å²) in [5, 5.41) is 3.09. The molecule has 2 aliphatic rings. The zero-order valence-corrected chi connectivity index (χ0v) is 13.9. The van der Waals surface area contributed by atoms with Gasteiger partial charge in [-0.15, -0.1) is 0 Å². The third-order valence-corrected chi connectivity index (χ3v) is 4.84. The van der Waals surface area contributed by atoms with Gasteiger partial charge in [0.1, 0.15) is 5.75 Å². The maximum atomic E-state index is 12.5. The van der Waals surface area contributed by atoms with Crippen molar-refractivity contribution in [1.82, 2.24) is 10.2 Å². The number of nitrogens with one attached hydrogen (secondary N) is 1. The van der Waals surface area contributed by atoms with E-state index in [-0.39, 0.29) is 37.0 Å². The molecular weight excluding hydrogens is 306 g/mol. The average Bonchev–Trinajstić information content (AvgIpc) is 3.08. The van der Waals surface area contributed by atoms with Gasteiger partial charge in [-0.3, -0.25) is 14.5 Å². The van der Waals surface area contributed by atoms with Crippen molar-refractivity contribution in [3.63, 3.8) is 0 Å². The van der Waals surface area contributed by atoms with Crippen molar-refractivity contribution in [2.24, 2.45) is 5.73 Å². The Bertz CT molecular complexity index is 599. The highest BCUT2D eigenvalue weighted by molar-refractivity contribution is 5.80. The molecule has 1 fully saturated rings. The topological polar surface area (TPSA) is 84.7 Å². The first-order valence-electron chi connectivity index (χ1n) is 8.67. The van der Waals surface area contributed by atoms with Crippen molar-refractivity contribution < 1.29 is 14.3 Å². The number of amides is 2. The molecule has 24 heavy (non-hydrogen) atoms. The van der Waals surface area contributed by atoms with E-state index in [2.05, 4.69) is 5.32 Å². The minimum atomic E-state index is -0.383. The molecule has 6 heteroatoms. The minimum absolute atomic E-state index is 0.0403. The number of nitrogens with zero attached hydrogens (tertiary/aromatic N) is 1. The first-order chi connectivity index (χ1) is 11.6. The molecule has 2 amide bonds. The Hall–Kier alpha value is -2.08. The molecule has 1 aliphatic carbocycles. The lowest BCUT2D eigenvalue weighted by atomic mass is 10.0. The molecule has 1 aliphatic heterocycles. The van der Waals surface area contributed by atoms with Gasteiger partial charge >= 0.3 is 0 Å². The molecule has 1 aromatic carbocycles. The van der Waals surface area contributed by atoms with Crippen LogP contribution in [-0.2, 0) is 9.59 Å². The van der Waals surface area contributed by atoms with Gasteiger partial charge in [-0.25, -0.2) is 0 Å². The third kappa shape index (κ3) is 4.06. The summed E-state index contributed by atoms with van der Waals surface area (Å²) in [5.74, 6) is 0.384. The number of hydrogen-bond donors (Lipinski definition) is 2. The van der Waals surface area contributed by atoms with Crippen LogP contribution in [0.15, 0.2) is 24.3 Å². The molecule has 0 saturated heterocycles. The fourth-order valence-corrected chi connectivity index (χ4v) is 3.70. The summed E-state index contributed by atoms with van der Waals surface area (Å²) in [6.45, 7) is 0.950. The minimum Gasteiger partial charge on any atom is -0.493 e. The molecule has 1 unspecified atom stereocenters. The summed E-state index contributed by atoms with van der Waals surface area (Å²) in [4.78, 5) is 25.8. The lowest BCUT2D eigenvalue weighted by molar-refractivity contribution is -0.125. The van der Waals surface area contributed by atoms with Crippen molar-refractivity contribution >= 4 is 11.8 Å². The Kier molecular flexibility index (Phi) is 5.35. The number of carbonyl (C=O) groups is 2. The predicted molar refractivity (Wildman–Crippen MR) is 90.5 cm³/mol. The maximum absolute atomic E-state index is 12.5. The normalized spacial score (nSPS) is 20.5. The highest BCUT2D eigenvalue weighted by Gasteiger charge is 2.27. The maximum Gasteiger partial charge on any atom is 0.234 e. The van der Waals surface area contributed by atoms with Crippen LogP contribution in [0.5, 0.6) is 5.75 Å². The summed E-state index contributed by atoms with van der Waals surface area (Å²) < 4.78 is 5.63. The van der Waals surface area contributed by atoms with E-state index in [1.54, 1.807) is 0 Å². The van der Waals surface area contributed by atoms with Crippen LogP contribution in [0, 0.1) is 0 Å². The SMILES string of the molecule is NC(=O)CN(CC(=O)NC1CCOc2ccccc21)C1CCCC1. The van der Waals surface area contributed by atoms with Crippen molar-refractivity contribution in [3.05, 3.63) is 29.8 Å². The van der Waals surface area contributed by atoms with Crippen LogP contribution in [0.1, 0.15) is 43.7 Å². The second kappa shape index (κ2) is 7.66. The fourth-order valence-electron chi connectivity index (χ4n) is 3.70. The summed E-state index contributed by atoms with van der Waals surface area (Å²) >= 11 is 0. The molecule has 1 saturated carbocycles. The number of hydrogen-bond acceptors (Lipinski definition) is 4. The van der Waals surface area contributed by atoms with Crippen LogP contribution in [0.3, 0.4) is 0 Å². The Morgan fingerprint density at radius 2 is 1.92 bits per heavy atom. The molecular formula is C18H25N3O3. The lowest BCUT2D eigenvalue weighted by Gasteiger charge is -2.30. The zero-order valence-electron chi connectivity index (χ0n) is 13.9. The van der Waals surface area contributed by atoms with Gasteiger partial charge in [0.05, 0.1) is 25.7 Å². The van der Waals surface area contributed by atoms with Gasteiger partial charge in [0.2, 0.25) is 11.8 Å². The number of rotatable bonds is 6. The molecule has 1 aromatic rings. The monoisotopic (exact) mass is 331 g/mol. The Labute approximate surface area is 142 Å². The number of para-hydroxylation sites is 1. The van der Waals surface area contributed by atoms with Crippen LogP contribution >= 0.6 is 0 Å². The van der Waals surface area contributed by atoms with E-state index in [0.29, 0.717) is 6.61 Å². The first-order valence-corrected chi connectivity index (χ1v) is 8.67. The smallest absolute Gasteiger partial charge is 0.234 e. The molecule has 1 heterocycles. The van der Waals surface area contributed by atoms with Gasteiger partial charge in [-0.1, -0.05) is 31.0 Å². The van der Waals surface area contributed by atoms with Crippen molar-refractivity contribution in [2.75, 3.05) is 19.7 Å². The molecule has 0 aromatic heterocycles. The van der Waals surface area contributed by atoms with Crippen LogP contribution in [0.4, 0.5) is 0 Å². The molecule has 3 N–H and O–H groups in total. The third-order valence-electron chi connectivity index (χ3n) is 4.84. The second-order valence-corrected chi connectivity index (χ2v) is 6.60. The van der Waals surface area contributed by atoms with E-state index in [9.17, 15) is 9.59 Å². The fraction of sp³-hybridized carbons (Fsp3) is 0.556. The van der Waals surface area contributed by atoms with E-state index in [0.717, 1.165) is 43.4 Å². The van der Waals surface area contributed by atoms with Crippen molar-refractivity contribution in [2.45, 2.75) is 44.2 Å². The summed E-state index contributed by atoms with van der Waals surface area (Å²) in [6, 6.07) is 8.03. The molecule has 1 atom stereocenters. The van der Waals surface area contributed by atoms with Crippen LogP contribution in [-0.4, -0.2) is 42.5 Å². The largest absolute Gasteiger partial charge is 0.493 e. The first kappa shape index (κ1) is 16.8. The van der Waals surface area contributed by atoms with E-state index in [1.807, 2.05) is 29.2 Å². The number of carbonyl (C=O) groups excluding carboxylic acids is 2. The van der Waals surface area contributed by atoms with Crippen LogP contribution in [0.25, 0.3) is 0 Å². The van der Waals surface area contributed by atoms with E-state index in [4.69, 9.17) is 10.5 Å². The summed E-state index contributed by atoms with van der Waals surface area (Å²) in [7, 11) is 0. The second-order valence-electron chi connectivity index (χ2n) is 6.60.